The number of nitrogens with one attached hydrogen (secondary N) is 1. The second-order valence-corrected chi connectivity index (χ2v) is 9.26. The Kier molecular flexibility index (Phi) is 6.13. The predicted octanol–water partition coefficient (Wildman–Crippen LogP) is 4.05. The summed E-state index contributed by atoms with van der Waals surface area (Å²) in [7, 11) is 0. The summed E-state index contributed by atoms with van der Waals surface area (Å²) in [4.78, 5) is 38.5. The fourth-order valence-electron chi connectivity index (χ4n) is 3.02. The summed E-state index contributed by atoms with van der Waals surface area (Å²) in [5.41, 5.74) is 0.468. The highest BCUT2D eigenvalue weighted by atomic mass is 32.2. The molecule has 0 aromatic heterocycles. The largest absolute Gasteiger partial charge is 0.348 e. The first-order chi connectivity index (χ1) is 13.6. The number of carbonyl (C=O) groups excluding carboxylic acids is 3. The number of benzene rings is 2. The molecule has 1 aliphatic rings. The summed E-state index contributed by atoms with van der Waals surface area (Å²) < 4.78 is 0. The van der Waals surface area contributed by atoms with Gasteiger partial charge in [0.2, 0.25) is 11.8 Å². The number of nitrogens with zero attached hydrogens (tertiary/aromatic N) is 1. The standard InChI is InChI=1S/C23H26N2O3S/c1-15(17-10-9-16-7-5-6-8-18(16)11-17)24-20(27)13-25-21(28)14-29-22(25)12-19(26)23(2,3)4/h5-12,15H,13-14H2,1-4H3,(H,24,27)/b22-12-/t15-/m0/s1. The van der Waals surface area contributed by atoms with Crippen LogP contribution >= 0.6 is 11.8 Å². The second kappa shape index (κ2) is 8.41. The number of thioether (sulfide) groups is 1. The van der Waals surface area contributed by atoms with Gasteiger partial charge in [-0.15, -0.1) is 0 Å². The van der Waals surface area contributed by atoms with Crippen molar-refractivity contribution in [2.75, 3.05) is 12.3 Å². The van der Waals surface area contributed by atoms with E-state index in [0.717, 1.165) is 16.3 Å². The molecule has 3 rings (SSSR count). The molecule has 1 aliphatic heterocycles. The second-order valence-electron chi connectivity index (χ2n) is 8.26. The Bertz CT molecular complexity index is 991. The van der Waals surface area contributed by atoms with Gasteiger partial charge in [-0.05, 0) is 29.3 Å². The minimum absolute atomic E-state index is 0.0651. The molecule has 0 bridgehead atoms. The fourth-order valence-corrected chi connectivity index (χ4v) is 3.96. The summed E-state index contributed by atoms with van der Waals surface area (Å²) in [5.74, 6) is -0.228. The molecule has 2 amide bonds. The molecule has 1 saturated heterocycles. The predicted molar refractivity (Wildman–Crippen MR) is 117 cm³/mol. The quantitative estimate of drug-likeness (QED) is 0.755. The van der Waals surface area contributed by atoms with E-state index >= 15 is 0 Å². The maximum Gasteiger partial charge on any atom is 0.240 e. The maximum atomic E-state index is 12.6. The normalized spacial score (nSPS) is 17.0. The van der Waals surface area contributed by atoms with Gasteiger partial charge in [-0.25, -0.2) is 0 Å². The molecule has 0 saturated carbocycles. The number of amides is 2. The van der Waals surface area contributed by atoms with E-state index in [1.807, 2.05) is 64.1 Å². The molecular weight excluding hydrogens is 384 g/mol. The third-order valence-electron chi connectivity index (χ3n) is 4.86. The molecular formula is C23H26N2O3S. The van der Waals surface area contributed by atoms with Crippen molar-refractivity contribution in [3.05, 3.63) is 59.1 Å². The smallest absolute Gasteiger partial charge is 0.240 e. The van der Waals surface area contributed by atoms with Crippen molar-refractivity contribution in [3.8, 4) is 0 Å². The highest BCUT2D eigenvalue weighted by molar-refractivity contribution is 8.04. The molecule has 0 unspecified atom stereocenters. The Hall–Kier alpha value is -2.60. The summed E-state index contributed by atoms with van der Waals surface area (Å²) in [5, 5.41) is 5.76. The van der Waals surface area contributed by atoms with Crippen LogP contribution in [0.3, 0.4) is 0 Å². The van der Waals surface area contributed by atoms with Gasteiger partial charge in [-0.1, -0.05) is 68.9 Å². The number of ketones is 1. The molecule has 0 aliphatic carbocycles. The molecule has 6 heteroatoms. The summed E-state index contributed by atoms with van der Waals surface area (Å²) in [6.07, 6.45) is 1.48. The number of allylic oxidation sites excluding steroid dienone is 1. The first-order valence-electron chi connectivity index (χ1n) is 9.62. The van der Waals surface area contributed by atoms with E-state index < -0.39 is 5.41 Å². The van der Waals surface area contributed by atoms with Crippen LogP contribution < -0.4 is 5.32 Å². The number of rotatable bonds is 5. The highest BCUT2D eigenvalue weighted by Gasteiger charge is 2.31. The number of carbonyl (C=O) groups is 3. The van der Waals surface area contributed by atoms with Gasteiger partial charge >= 0.3 is 0 Å². The Balaban J connectivity index is 1.68. The molecule has 5 nitrogen and oxygen atoms in total. The fraction of sp³-hybridized carbons (Fsp3) is 0.348. The topological polar surface area (TPSA) is 66.5 Å². The maximum absolute atomic E-state index is 12.6. The summed E-state index contributed by atoms with van der Waals surface area (Å²) >= 11 is 1.30. The molecule has 1 N–H and O–H groups in total. The van der Waals surface area contributed by atoms with Gasteiger partial charge in [0.25, 0.3) is 0 Å². The van der Waals surface area contributed by atoms with E-state index in [1.54, 1.807) is 0 Å². The lowest BCUT2D eigenvalue weighted by atomic mass is 9.91. The zero-order valence-electron chi connectivity index (χ0n) is 17.2. The van der Waals surface area contributed by atoms with Crippen LogP contribution in [-0.2, 0) is 14.4 Å². The zero-order chi connectivity index (χ0) is 21.2. The average Bonchev–Trinajstić information content (AvgIpc) is 3.00. The molecule has 2 aromatic rings. The van der Waals surface area contributed by atoms with Gasteiger partial charge in [-0.2, -0.15) is 0 Å². The van der Waals surface area contributed by atoms with Crippen molar-refractivity contribution in [2.45, 2.75) is 33.7 Å². The van der Waals surface area contributed by atoms with Crippen molar-refractivity contribution in [3.63, 3.8) is 0 Å². The first-order valence-corrected chi connectivity index (χ1v) is 10.6. The molecule has 1 fully saturated rings. The monoisotopic (exact) mass is 410 g/mol. The first kappa shape index (κ1) is 21.1. The van der Waals surface area contributed by atoms with Crippen LogP contribution in [0, 0.1) is 5.41 Å². The van der Waals surface area contributed by atoms with Crippen LogP contribution in [-0.4, -0.2) is 34.8 Å². The van der Waals surface area contributed by atoms with Crippen LogP contribution in [0.4, 0.5) is 0 Å². The van der Waals surface area contributed by atoms with E-state index in [0.29, 0.717) is 5.03 Å². The number of hydrogen-bond acceptors (Lipinski definition) is 4. The van der Waals surface area contributed by atoms with Crippen molar-refractivity contribution in [1.29, 1.82) is 0 Å². The third-order valence-corrected chi connectivity index (χ3v) is 5.88. The van der Waals surface area contributed by atoms with E-state index in [4.69, 9.17) is 0 Å². The van der Waals surface area contributed by atoms with Crippen molar-refractivity contribution >= 4 is 40.1 Å². The van der Waals surface area contributed by atoms with Crippen molar-refractivity contribution in [1.82, 2.24) is 10.2 Å². The average molecular weight is 411 g/mol. The highest BCUT2D eigenvalue weighted by Crippen LogP contribution is 2.30. The van der Waals surface area contributed by atoms with Gasteiger partial charge in [-0.3, -0.25) is 19.3 Å². The molecule has 0 spiro atoms. The molecule has 152 valence electrons. The summed E-state index contributed by atoms with van der Waals surface area (Å²) in [6, 6.07) is 14.0. The molecule has 1 atom stereocenters. The van der Waals surface area contributed by atoms with Gasteiger partial charge < -0.3 is 5.32 Å². The van der Waals surface area contributed by atoms with E-state index in [9.17, 15) is 14.4 Å². The van der Waals surface area contributed by atoms with Crippen LogP contribution in [0.2, 0.25) is 0 Å². The minimum Gasteiger partial charge on any atom is -0.348 e. The van der Waals surface area contributed by atoms with E-state index in [2.05, 4.69) is 11.4 Å². The van der Waals surface area contributed by atoms with Gasteiger partial charge in [0, 0.05) is 11.5 Å². The van der Waals surface area contributed by atoms with Crippen molar-refractivity contribution in [2.24, 2.45) is 5.41 Å². The number of fused-ring (bicyclic) bond motifs is 1. The van der Waals surface area contributed by atoms with Gasteiger partial charge in [0.1, 0.15) is 6.54 Å². The Morgan fingerprint density at radius 3 is 2.55 bits per heavy atom. The molecule has 0 radical (unpaired) electrons. The van der Waals surface area contributed by atoms with Gasteiger partial charge in [0.15, 0.2) is 5.78 Å². The molecule has 29 heavy (non-hydrogen) atoms. The van der Waals surface area contributed by atoms with Crippen LogP contribution in [0.5, 0.6) is 0 Å². The summed E-state index contributed by atoms with van der Waals surface area (Å²) in [6.45, 7) is 7.32. The molecule has 2 aromatic carbocycles. The zero-order valence-corrected chi connectivity index (χ0v) is 18.0. The Labute approximate surface area is 175 Å². The van der Waals surface area contributed by atoms with E-state index in [-0.39, 0.29) is 35.9 Å². The lowest BCUT2D eigenvalue weighted by Crippen LogP contribution is -2.38. The molecule has 1 heterocycles. The Morgan fingerprint density at radius 2 is 1.86 bits per heavy atom. The third kappa shape index (κ3) is 5.07. The van der Waals surface area contributed by atoms with Crippen LogP contribution in [0.15, 0.2) is 53.6 Å². The lowest BCUT2D eigenvalue weighted by molar-refractivity contribution is -0.131. The number of hydrogen-bond donors (Lipinski definition) is 1. The minimum atomic E-state index is -0.530. The van der Waals surface area contributed by atoms with Crippen molar-refractivity contribution < 1.29 is 14.4 Å². The Morgan fingerprint density at radius 1 is 1.17 bits per heavy atom. The van der Waals surface area contributed by atoms with Crippen LogP contribution in [0.1, 0.15) is 39.3 Å². The van der Waals surface area contributed by atoms with Crippen LogP contribution in [0.25, 0.3) is 10.8 Å². The van der Waals surface area contributed by atoms with Gasteiger partial charge in [0.05, 0.1) is 16.8 Å². The van der Waals surface area contributed by atoms with E-state index in [1.165, 1.54) is 22.7 Å². The SMILES string of the molecule is C[C@H](NC(=O)CN1C(=O)CS/C1=C\C(=O)C(C)(C)C)c1ccc2ccccc2c1. The lowest BCUT2D eigenvalue weighted by Gasteiger charge is -2.21.